The number of hydrogen-bond donors (Lipinski definition) is 1. The van der Waals surface area contributed by atoms with Crippen LogP contribution in [0.4, 0.5) is 0 Å². The second-order valence-corrected chi connectivity index (χ2v) is 7.41. The highest BCUT2D eigenvalue weighted by molar-refractivity contribution is 5.83. The molecule has 2 heterocycles. The molecule has 3 rings (SSSR count). The van der Waals surface area contributed by atoms with Crippen molar-refractivity contribution in [2.45, 2.75) is 52.1 Å². The molecule has 1 fully saturated rings. The number of imidazole rings is 1. The summed E-state index contributed by atoms with van der Waals surface area (Å²) >= 11 is 0. The van der Waals surface area contributed by atoms with Crippen LogP contribution in [0, 0.1) is 5.92 Å². The zero-order chi connectivity index (χ0) is 17.8. The van der Waals surface area contributed by atoms with Gasteiger partial charge in [0.05, 0.1) is 17.4 Å². The fraction of sp³-hybridized carbons (Fsp3) is 0.600. The first kappa shape index (κ1) is 17.9. The molecule has 0 unspecified atom stereocenters. The molecule has 5 nitrogen and oxygen atoms in total. The molecule has 0 radical (unpaired) electrons. The van der Waals surface area contributed by atoms with Gasteiger partial charge in [0.25, 0.3) is 0 Å². The summed E-state index contributed by atoms with van der Waals surface area (Å²) in [5.41, 5.74) is 1.96. The number of piperidine rings is 1. The normalized spacial score (nSPS) is 20.1. The van der Waals surface area contributed by atoms with Crippen LogP contribution in [0.5, 0.6) is 0 Å². The van der Waals surface area contributed by atoms with Crippen molar-refractivity contribution in [3.05, 3.63) is 30.6 Å². The predicted molar refractivity (Wildman–Crippen MR) is 102 cm³/mol. The molecule has 0 bridgehead atoms. The van der Waals surface area contributed by atoms with Crippen molar-refractivity contribution in [1.29, 1.82) is 0 Å². The van der Waals surface area contributed by atoms with Gasteiger partial charge in [-0.15, -0.1) is 0 Å². The Labute approximate surface area is 150 Å². The lowest BCUT2D eigenvalue weighted by molar-refractivity contribution is -0.124. The summed E-state index contributed by atoms with van der Waals surface area (Å²) in [7, 11) is 0. The zero-order valence-corrected chi connectivity index (χ0v) is 15.6. The highest BCUT2D eigenvalue weighted by Gasteiger charge is 2.24. The molecule has 0 saturated carbocycles. The van der Waals surface area contributed by atoms with Gasteiger partial charge in [-0.1, -0.05) is 19.1 Å². The molecular formula is C20H30N4O. The monoisotopic (exact) mass is 342 g/mol. The largest absolute Gasteiger partial charge is 0.354 e. The van der Waals surface area contributed by atoms with Gasteiger partial charge in [0.1, 0.15) is 6.04 Å². The number of carbonyl (C=O) groups excluding carboxylic acids is 1. The Morgan fingerprint density at radius 3 is 2.92 bits per heavy atom. The van der Waals surface area contributed by atoms with Gasteiger partial charge in [0.15, 0.2) is 0 Å². The zero-order valence-electron chi connectivity index (χ0n) is 15.6. The molecule has 0 spiro atoms. The Morgan fingerprint density at radius 1 is 1.36 bits per heavy atom. The molecule has 1 aliphatic heterocycles. The molecule has 1 amide bonds. The van der Waals surface area contributed by atoms with Gasteiger partial charge < -0.3 is 14.8 Å². The number of amides is 1. The van der Waals surface area contributed by atoms with Crippen molar-refractivity contribution in [3.63, 3.8) is 0 Å². The summed E-state index contributed by atoms with van der Waals surface area (Å²) < 4.78 is 2.01. The third-order valence-corrected chi connectivity index (χ3v) is 5.35. The van der Waals surface area contributed by atoms with Gasteiger partial charge in [0.2, 0.25) is 5.91 Å². The number of likely N-dealkylation sites (tertiary alicyclic amines) is 1. The van der Waals surface area contributed by atoms with Gasteiger partial charge in [0, 0.05) is 19.1 Å². The van der Waals surface area contributed by atoms with Crippen molar-refractivity contribution in [1.82, 2.24) is 19.8 Å². The number of benzene rings is 1. The molecule has 1 aromatic heterocycles. The fourth-order valence-corrected chi connectivity index (χ4v) is 3.83. The molecule has 1 aromatic carbocycles. The summed E-state index contributed by atoms with van der Waals surface area (Å²) in [5.74, 6) is 0.657. The van der Waals surface area contributed by atoms with E-state index in [9.17, 15) is 4.79 Å². The van der Waals surface area contributed by atoms with Gasteiger partial charge in [-0.05, 0) is 57.7 Å². The maximum absolute atomic E-state index is 12.8. The van der Waals surface area contributed by atoms with E-state index in [0.29, 0.717) is 12.0 Å². The van der Waals surface area contributed by atoms with E-state index in [1.54, 1.807) is 6.33 Å². The standard InChI is InChI=1S/C20H30N4O/c1-4-18(24-14-22-17-9-5-6-10-19(17)24)20(25)21-12-16-8-7-11-23(13-16)15(2)3/h5-6,9-10,14-16,18H,4,7-8,11-13H2,1-3H3,(H,21,25)/t16-,18+/m1/s1. The number of rotatable bonds is 6. The van der Waals surface area contributed by atoms with Crippen LogP contribution in [-0.2, 0) is 4.79 Å². The molecule has 2 aromatic rings. The van der Waals surface area contributed by atoms with Crippen molar-refractivity contribution in [2.24, 2.45) is 5.92 Å². The Morgan fingerprint density at radius 2 is 2.16 bits per heavy atom. The van der Waals surface area contributed by atoms with E-state index in [-0.39, 0.29) is 11.9 Å². The number of aromatic nitrogens is 2. The van der Waals surface area contributed by atoms with Crippen LogP contribution in [0.15, 0.2) is 30.6 Å². The Balaban J connectivity index is 1.63. The third-order valence-electron chi connectivity index (χ3n) is 5.35. The third kappa shape index (κ3) is 4.03. The van der Waals surface area contributed by atoms with Crippen LogP contribution in [0.25, 0.3) is 11.0 Å². The lowest BCUT2D eigenvalue weighted by Gasteiger charge is -2.35. The Hall–Kier alpha value is -1.88. The molecule has 5 heteroatoms. The summed E-state index contributed by atoms with van der Waals surface area (Å²) in [6.45, 7) is 9.59. The molecule has 1 N–H and O–H groups in total. The molecule has 25 heavy (non-hydrogen) atoms. The molecular weight excluding hydrogens is 312 g/mol. The number of hydrogen-bond acceptors (Lipinski definition) is 3. The number of carbonyl (C=O) groups is 1. The van der Waals surface area contributed by atoms with Crippen LogP contribution in [-0.4, -0.2) is 46.0 Å². The minimum atomic E-state index is -0.197. The van der Waals surface area contributed by atoms with Gasteiger partial charge in [-0.3, -0.25) is 4.79 Å². The average Bonchev–Trinajstić information content (AvgIpc) is 3.05. The van der Waals surface area contributed by atoms with E-state index in [2.05, 4.69) is 36.0 Å². The molecule has 1 saturated heterocycles. The highest BCUT2D eigenvalue weighted by Crippen LogP contribution is 2.21. The first-order valence-electron chi connectivity index (χ1n) is 9.53. The lowest BCUT2D eigenvalue weighted by Crippen LogP contribution is -2.44. The summed E-state index contributed by atoms with van der Waals surface area (Å²) in [5, 5.41) is 3.20. The van der Waals surface area contributed by atoms with Crippen molar-refractivity contribution in [3.8, 4) is 0 Å². The summed E-state index contributed by atoms with van der Waals surface area (Å²) in [6.07, 6.45) is 4.98. The van der Waals surface area contributed by atoms with Crippen LogP contribution >= 0.6 is 0 Å². The maximum atomic E-state index is 12.8. The van der Waals surface area contributed by atoms with E-state index in [0.717, 1.165) is 30.5 Å². The van der Waals surface area contributed by atoms with E-state index in [1.165, 1.54) is 19.4 Å². The number of nitrogens with zero attached hydrogens (tertiary/aromatic N) is 3. The van der Waals surface area contributed by atoms with Crippen molar-refractivity contribution >= 4 is 16.9 Å². The first-order chi connectivity index (χ1) is 12.1. The summed E-state index contributed by atoms with van der Waals surface area (Å²) in [4.78, 5) is 19.7. The molecule has 136 valence electrons. The number of nitrogens with one attached hydrogen (secondary N) is 1. The summed E-state index contributed by atoms with van der Waals surface area (Å²) in [6, 6.07) is 8.37. The maximum Gasteiger partial charge on any atom is 0.243 e. The Bertz CT molecular complexity index is 709. The lowest BCUT2D eigenvalue weighted by atomic mass is 9.97. The topological polar surface area (TPSA) is 50.2 Å². The number of para-hydroxylation sites is 2. The number of fused-ring (bicyclic) bond motifs is 1. The molecule has 2 atom stereocenters. The van der Waals surface area contributed by atoms with Gasteiger partial charge in [-0.2, -0.15) is 0 Å². The quantitative estimate of drug-likeness (QED) is 0.877. The van der Waals surface area contributed by atoms with Crippen molar-refractivity contribution < 1.29 is 4.79 Å². The van der Waals surface area contributed by atoms with E-state index < -0.39 is 0 Å². The van der Waals surface area contributed by atoms with E-state index in [1.807, 2.05) is 28.8 Å². The second-order valence-electron chi connectivity index (χ2n) is 7.41. The average molecular weight is 342 g/mol. The van der Waals surface area contributed by atoms with Crippen LogP contribution in [0.2, 0.25) is 0 Å². The van der Waals surface area contributed by atoms with Gasteiger partial charge >= 0.3 is 0 Å². The highest BCUT2D eigenvalue weighted by atomic mass is 16.2. The van der Waals surface area contributed by atoms with Gasteiger partial charge in [-0.25, -0.2) is 4.98 Å². The minimum absolute atomic E-state index is 0.104. The van der Waals surface area contributed by atoms with Crippen molar-refractivity contribution in [2.75, 3.05) is 19.6 Å². The predicted octanol–water partition coefficient (Wildman–Crippen LogP) is 3.22. The van der Waals surface area contributed by atoms with Crippen LogP contribution < -0.4 is 5.32 Å². The van der Waals surface area contributed by atoms with E-state index in [4.69, 9.17) is 0 Å². The molecule has 1 aliphatic rings. The fourth-order valence-electron chi connectivity index (χ4n) is 3.83. The SMILES string of the molecule is CC[C@@H](C(=O)NC[C@H]1CCCN(C(C)C)C1)n1cnc2ccccc21. The first-order valence-corrected chi connectivity index (χ1v) is 9.53. The van der Waals surface area contributed by atoms with Crippen LogP contribution in [0.1, 0.15) is 46.1 Å². The molecule has 0 aliphatic carbocycles. The smallest absolute Gasteiger partial charge is 0.243 e. The Kier molecular flexibility index (Phi) is 5.74. The second kappa shape index (κ2) is 8.00. The minimum Gasteiger partial charge on any atom is -0.354 e. The van der Waals surface area contributed by atoms with E-state index >= 15 is 0 Å². The van der Waals surface area contributed by atoms with Crippen LogP contribution in [0.3, 0.4) is 0 Å².